The minimum Gasteiger partial charge on any atom is -0.487 e. The molecule has 0 bridgehead atoms. The largest absolute Gasteiger partial charge is 0.487 e. The summed E-state index contributed by atoms with van der Waals surface area (Å²) in [7, 11) is 0. The molecule has 2 aromatic rings. The standard InChI is InChI=1S/C30H33ClN2O3/c31-22-7-5-21(6-8-22)30(34)13-17-33(18-14-30)16-2-4-25-26-3-1-15-32-28(26)20-35-29-12-11-24(19-27(25)29)36-23-9-10-23/h1,3-8,11-12,15,23-24,34H,2,9-10,13-14,16-20H2. The number of hydrogen-bond donors (Lipinski definition) is 1. The van der Waals surface area contributed by atoms with Crippen molar-refractivity contribution in [3.05, 3.63) is 94.0 Å². The molecule has 2 aliphatic carbocycles. The minimum atomic E-state index is -0.770. The summed E-state index contributed by atoms with van der Waals surface area (Å²) in [6.07, 6.45) is 14.5. The maximum Gasteiger partial charge on any atom is 0.131 e. The van der Waals surface area contributed by atoms with Gasteiger partial charge in [-0.1, -0.05) is 42.0 Å². The molecule has 0 amide bonds. The number of hydrogen-bond acceptors (Lipinski definition) is 5. The second-order valence-corrected chi connectivity index (χ2v) is 10.8. The maximum atomic E-state index is 11.2. The summed E-state index contributed by atoms with van der Waals surface area (Å²) < 4.78 is 12.4. The molecular formula is C30H33ClN2O3. The Kier molecular flexibility index (Phi) is 6.74. The number of fused-ring (bicyclic) bond motifs is 1. The number of likely N-dealkylation sites (tertiary alicyclic amines) is 1. The van der Waals surface area contributed by atoms with E-state index in [9.17, 15) is 5.11 Å². The second kappa shape index (κ2) is 10.1. The molecule has 2 fully saturated rings. The predicted molar refractivity (Wildman–Crippen MR) is 141 cm³/mol. The van der Waals surface area contributed by atoms with Crippen LogP contribution in [0.25, 0.3) is 5.57 Å². The zero-order valence-corrected chi connectivity index (χ0v) is 21.3. The van der Waals surface area contributed by atoms with Crippen LogP contribution in [-0.4, -0.2) is 46.8 Å². The molecule has 2 aliphatic heterocycles. The normalized spacial score (nSPS) is 24.7. The monoisotopic (exact) mass is 504 g/mol. The summed E-state index contributed by atoms with van der Waals surface area (Å²) in [5, 5.41) is 11.9. The summed E-state index contributed by atoms with van der Waals surface area (Å²) in [5.41, 5.74) is 4.80. The van der Waals surface area contributed by atoms with E-state index in [0.29, 0.717) is 17.7 Å². The van der Waals surface area contributed by atoms with Crippen molar-refractivity contribution in [3.8, 4) is 0 Å². The van der Waals surface area contributed by atoms with Gasteiger partial charge in [-0.05, 0) is 67.5 Å². The maximum absolute atomic E-state index is 11.2. The van der Waals surface area contributed by atoms with Crippen molar-refractivity contribution >= 4 is 17.2 Å². The van der Waals surface area contributed by atoms with Gasteiger partial charge in [0.15, 0.2) is 0 Å². The fourth-order valence-corrected chi connectivity index (χ4v) is 5.64. The SMILES string of the molecule is OC1(c2ccc(Cl)cc2)CCN(CCC=C2C3=C(C=CC(OC4CC4)C3)OCc3ncccc32)CC1. The van der Waals surface area contributed by atoms with Crippen molar-refractivity contribution in [1.82, 2.24) is 9.88 Å². The topological polar surface area (TPSA) is 54.8 Å². The first kappa shape index (κ1) is 23.9. The molecule has 188 valence electrons. The molecule has 1 saturated carbocycles. The molecule has 36 heavy (non-hydrogen) atoms. The minimum absolute atomic E-state index is 0.106. The van der Waals surface area contributed by atoms with Gasteiger partial charge in [0.05, 0.1) is 23.5 Å². The van der Waals surface area contributed by atoms with Gasteiger partial charge in [0, 0.05) is 48.4 Å². The molecule has 1 aromatic carbocycles. The van der Waals surface area contributed by atoms with Crippen molar-refractivity contribution in [2.45, 2.75) is 62.9 Å². The lowest BCUT2D eigenvalue weighted by Crippen LogP contribution is -2.42. The van der Waals surface area contributed by atoms with Crippen molar-refractivity contribution in [3.63, 3.8) is 0 Å². The molecule has 1 N–H and O–H groups in total. The van der Waals surface area contributed by atoms with Crippen molar-refractivity contribution in [2.24, 2.45) is 0 Å². The van der Waals surface area contributed by atoms with E-state index < -0.39 is 5.60 Å². The molecule has 1 atom stereocenters. The molecule has 6 rings (SSSR count). The average molecular weight is 505 g/mol. The lowest BCUT2D eigenvalue weighted by molar-refractivity contribution is -0.0254. The van der Waals surface area contributed by atoms with Crippen LogP contribution in [0.4, 0.5) is 0 Å². The number of halogens is 1. The average Bonchev–Trinajstić information content (AvgIpc) is 3.73. The predicted octanol–water partition coefficient (Wildman–Crippen LogP) is 5.78. The molecule has 0 spiro atoms. The number of pyridine rings is 1. The Hall–Kier alpha value is -2.44. The van der Waals surface area contributed by atoms with Gasteiger partial charge in [-0.2, -0.15) is 0 Å². The summed E-state index contributed by atoms with van der Waals surface area (Å²) in [4.78, 5) is 7.07. The number of nitrogens with zero attached hydrogens (tertiary/aromatic N) is 2. The number of allylic oxidation sites excluding steroid dienone is 2. The van der Waals surface area contributed by atoms with E-state index in [1.54, 1.807) is 0 Å². The van der Waals surface area contributed by atoms with Gasteiger partial charge < -0.3 is 19.5 Å². The third kappa shape index (κ3) is 5.16. The summed E-state index contributed by atoms with van der Waals surface area (Å²) in [5.74, 6) is 0.945. The highest BCUT2D eigenvalue weighted by Gasteiger charge is 2.34. The smallest absolute Gasteiger partial charge is 0.131 e. The third-order valence-corrected chi connectivity index (χ3v) is 8.04. The van der Waals surface area contributed by atoms with Crippen LogP contribution in [0.2, 0.25) is 5.02 Å². The number of benzene rings is 1. The summed E-state index contributed by atoms with van der Waals surface area (Å²) in [6.45, 7) is 3.19. The van der Waals surface area contributed by atoms with E-state index in [2.05, 4.69) is 34.2 Å². The molecule has 1 unspecified atom stereocenters. The molecule has 1 aromatic heterocycles. The van der Waals surface area contributed by atoms with E-state index in [0.717, 1.165) is 62.3 Å². The van der Waals surface area contributed by atoms with Crippen LogP contribution in [0.5, 0.6) is 0 Å². The number of piperidine rings is 1. The first-order valence-electron chi connectivity index (χ1n) is 13.1. The van der Waals surface area contributed by atoms with Crippen LogP contribution < -0.4 is 0 Å². The number of aromatic nitrogens is 1. The van der Waals surface area contributed by atoms with Crippen LogP contribution >= 0.6 is 11.6 Å². The number of aliphatic hydroxyl groups is 1. The zero-order valence-electron chi connectivity index (χ0n) is 20.5. The lowest BCUT2D eigenvalue weighted by atomic mass is 9.84. The highest BCUT2D eigenvalue weighted by Crippen LogP contribution is 2.40. The quantitative estimate of drug-likeness (QED) is 0.540. The number of ether oxygens (including phenoxy) is 2. The summed E-state index contributed by atoms with van der Waals surface area (Å²) >= 11 is 6.04. The van der Waals surface area contributed by atoms with Crippen molar-refractivity contribution < 1.29 is 14.6 Å². The van der Waals surface area contributed by atoms with E-state index in [1.165, 1.54) is 29.6 Å². The van der Waals surface area contributed by atoms with Gasteiger partial charge in [-0.15, -0.1) is 0 Å². The number of rotatable bonds is 6. The first-order valence-corrected chi connectivity index (χ1v) is 13.5. The Morgan fingerprint density at radius 2 is 1.97 bits per heavy atom. The summed E-state index contributed by atoms with van der Waals surface area (Å²) in [6, 6.07) is 11.8. The van der Waals surface area contributed by atoms with Crippen LogP contribution in [0.3, 0.4) is 0 Å². The Labute approximate surface area is 218 Å². The highest BCUT2D eigenvalue weighted by molar-refractivity contribution is 6.30. The van der Waals surface area contributed by atoms with Gasteiger partial charge >= 0.3 is 0 Å². The van der Waals surface area contributed by atoms with Crippen LogP contribution in [0.1, 0.15) is 55.3 Å². The van der Waals surface area contributed by atoms with Crippen LogP contribution in [-0.2, 0) is 21.7 Å². The first-order chi connectivity index (χ1) is 17.6. The molecular weight excluding hydrogens is 472 g/mol. The molecule has 4 aliphatic rings. The van der Waals surface area contributed by atoms with Gasteiger partial charge in [-0.3, -0.25) is 4.98 Å². The van der Waals surface area contributed by atoms with Crippen LogP contribution in [0.15, 0.2) is 72.2 Å². The Bertz CT molecular complexity index is 1190. The molecule has 6 heteroatoms. The van der Waals surface area contributed by atoms with Gasteiger partial charge in [-0.25, -0.2) is 0 Å². The Balaban J connectivity index is 1.15. The Morgan fingerprint density at radius 1 is 1.17 bits per heavy atom. The van der Waals surface area contributed by atoms with E-state index in [1.807, 2.05) is 36.5 Å². The van der Waals surface area contributed by atoms with Crippen molar-refractivity contribution in [1.29, 1.82) is 0 Å². The third-order valence-electron chi connectivity index (χ3n) is 7.79. The molecule has 3 heterocycles. The molecule has 5 nitrogen and oxygen atoms in total. The van der Waals surface area contributed by atoms with E-state index in [4.69, 9.17) is 21.1 Å². The lowest BCUT2D eigenvalue weighted by Gasteiger charge is -2.38. The van der Waals surface area contributed by atoms with Gasteiger partial charge in [0.25, 0.3) is 0 Å². The fourth-order valence-electron chi connectivity index (χ4n) is 5.51. The van der Waals surface area contributed by atoms with Crippen LogP contribution in [0, 0.1) is 0 Å². The molecule has 0 radical (unpaired) electrons. The van der Waals surface area contributed by atoms with E-state index >= 15 is 0 Å². The Morgan fingerprint density at radius 3 is 2.75 bits per heavy atom. The molecule has 1 saturated heterocycles. The second-order valence-electron chi connectivity index (χ2n) is 10.4. The van der Waals surface area contributed by atoms with Gasteiger partial charge in [0.1, 0.15) is 12.4 Å². The highest BCUT2D eigenvalue weighted by atomic mass is 35.5. The zero-order chi connectivity index (χ0) is 24.5. The fraction of sp³-hybridized carbons (Fsp3) is 0.433. The van der Waals surface area contributed by atoms with E-state index in [-0.39, 0.29) is 6.10 Å². The van der Waals surface area contributed by atoms with Crippen molar-refractivity contribution in [2.75, 3.05) is 19.6 Å². The van der Waals surface area contributed by atoms with Gasteiger partial charge in [0.2, 0.25) is 0 Å².